The molecule has 1 aliphatic rings. The first-order chi connectivity index (χ1) is 12.0. The van der Waals surface area contributed by atoms with Gasteiger partial charge in [0.05, 0.1) is 10.0 Å². The summed E-state index contributed by atoms with van der Waals surface area (Å²) in [7, 11) is 0. The third-order valence-electron chi connectivity index (χ3n) is 5.07. The van der Waals surface area contributed by atoms with Gasteiger partial charge in [0.1, 0.15) is 0 Å². The number of nitrogens with zero attached hydrogens (tertiary/aromatic N) is 1. The maximum absolute atomic E-state index is 13.3. The van der Waals surface area contributed by atoms with E-state index in [9.17, 15) is 4.79 Å². The number of rotatable bonds is 6. The molecule has 132 valence electrons. The fourth-order valence-corrected chi connectivity index (χ4v) is 4.16. The van der Waals surface area contributed by atoms with Crippen LogP contribution in [0.5, 0.6) is 0 Å². The van der Waals surface area contributed by atoms with Gasteiger partial charge < -0.3 is 0 Å². The van der Waals surface area contributed by atoms with Crippen molar-refractivity contribution >= 4 is 29.0 Å². The Morgan fingerprint density at radius 3 is 2.56 bits per heavy atom. The van der Waals surface area contributed by atoms with Gasteiger partial charge in [-0.25, -0.2) is 0 Å². The van der Waals surface area contributed by atoms with Gasteiger partial charge in [-0.3, -0.25) is 9.69 Å². The number of hydrogen-bond acceptors (Lipinski definition) is 2. The summed E-state index contributed by atoms with van der Waals surface area (Å²) in [6.45, 7) is 4.78. The molecular formula is C21H23Cl2NO. The van der Waals surface area contributed by atoms with E-state index in [0.29, 0.717) is 15.6 Å². The molecule has 4 heteroatoms. The van der Waals surface area contributed by atoms with Gasteiger partial charge in [-0.2, -0.15) is 0 Å². The van der Waals surface area contributed by atoms with Crippen molar-refractivity contribution in [3.8, 4) is 0 Å². The van der Waals surface area contributed by atoms with Crippen LogP contribution in [-0.4, -0.2) is 23.8 Å². The molecule has 25 heavy (non-hydrogen) atoms. The van der Waals surface area contributed by atoms with Crippen LogP contribution in [0.15, 0.2) is 48.5 Å². The molecular weight excluding hydrogens is 353 g/mol. The van der Waals surface area contributed by atoms with Crippen molar-refractivity contribution in [3.63, 3.8) is 0 Å². The minimum atomic E-state index is -0.319. The van der Waals surface area contributed by atoms with E-state index in [0.717, 1.165) is 38.9 Å². The smallest absolute Gasteiger partial charge is 0.170 e. The van der Waals surface area contributed by atoms with Gasteiger partial charge in [0.15, 0.2) is 5.78 Å². The average molecular weight is 376 g/mol. The summed E-state index contributed by atoms with van der Waals surface area (Å²) in [5, 5.41) is 0.929. The molecule has 1 fully saturated rings. The lowest BCUT2D eigenvalue weighted by atomic mass is 9.76. The molecule has 0 aliphatic carbocycles. The van der Waals surface area contributed by atoms with Crippen molar-refractivity contribution in [2.24, 2.45) is 5.41 Å². The second-order valence-corrected chi connectivity index (χ2v) is 7.75. The molecule has 0 spiro atoms. The number of halogens is 2. The highest BCUT2D eigenvalue weighted by Gasteiger charge is 2.43. The lowest BCUT2D eigenvalue weighted by Crippen LogP contribution is -2.34. The highest BCUT2D eigenvalue weighted by molar-refractivity contribution is 6.42. The van der Waals surface area contributed by atoms with Gasteiger partial charge in [-0.15, -0.1) is 0 Å². The van der Waals surface area contributed by atoms with Crippen LogP contribution in [0.25, 0.3) is 0 Å². The summed E-state index contributed by atoms with van der Waals surface area (Å²) in [6.07, 6.45) is 2.79. The quantitative estimate of drug-likeness (QED) is 0.588. The van der Waals surface area contributed by atoms with E-state index in [1.165, 1.54) is 5.56 Å². The van der Waals surface area contributed by atoms with Crippen LogP contribution in [0.3, 0.4) is 0 Å². The van der Waals surface area contributed by atoms with Crippen LogP contribution in [0.1, 0.15) is 42.1 Å². The summed E-state index contributed by atoms with van der Waals surface area (Å²) in [5.41, 5.74) is 1.64. The fourth-order valence-electron chi connectivity index (χ4n) is 3.86. The highest BCUT2D eigenvalue weighted by atomic mass is 35.5. The standard InChI is InChI=1S/C21H23Cl2NO/c1-2-10-21(20(25)17-8-9-18(22)19(23)13-17)11-12-24(15-21)14-16-6-4-3-5-7-16/h3-9,13H,2,10-12,14-15H2,1H3. The maximum Gasteiger partial charge on any atom is 0.170 e. The highest BCUT2D eigenvalue weighted by Crippen LogP contribution is 2.39. The van der Waals surface area contributed by atoms with Gasteiger partial charge in [-0.05, 0) is 43.1 Å². The molecule has 1 aliphatic heterocycles. The number of Topliss-reactive ketones (excluding diaryl/α,β-unsaturated/α-hetero) is 1. The van der Waals surface area contributed by atoms with Crippen molar-refractivity contribution in [2.75, 3.05) is 13.1 Å². The lowest BCUT2D eigenvalue weighted by Gasteiger charge is -2.28. The SMILES string of the molecule is CCCC1(C(=O)c2ccc(Cl)c(Cl)c2)CCN(Cc2ccccc2)C1. The van der Waals surface area contributed by atoms with Crippen LogP contribution in [0, 0.1) is 5.41 Å². The molecule has 1 heterocycles. The van der Waals surface area contributed by atoms with Crippen LogP contribution >= 0.6 is 23.2 Å². The van der Waals surface area contributed by atoms with Gasteiger partial charge in [0.25, 0.3) is 0 Å². The monoisotopic (exact) mass is 375 g/mol. The lowest BCUT2D eigenvalue weighted by molar-refractivity contribution is 0.0780. The van der Waals surface area contributed by atoms with Gasteiger partial charge >= 0.3 is 0 Å². The minimum Gasteiger partial charge on any atom is -0.298 e. The van der Waals surface area contributed by atoms with Gasteiger partial charge in [-0.1, -0.05) is 66.9 Å². The normalized spacial score (nSPS) is 20.8. The second-order valence-electron chi connectivity index (χ2n) is 6.93. The molecule has 2 nitrogen and oxygen atoms in total. The number of benzene rings is 2. The molecule has 1 unspecified atom stereocenters. The number of carbonyl (C=O) groups excluding carboxylic acids is 1. The van der Waals surface area contributed by atoms with Crippen molar-refractivity contribution < 1.29 is 4.79 Å². The Hall–Kier alpha value is -1.35. The van der Waals surface area contributed by atoms with Gasteiger partial charge in [0, 0.05) is 24.1 Å². The summed E-state index contributed by atoms with van der Waals surface area (Å²) >= 11 is 12.1. The first-order valence-electron chi connectivity index (χ1n) is 8.80. The predicted octanol–water partition coefficient (Wildman–Crippen LogP) is 5.87. The van der Waals surface area contributed by atoms with Crippen molar-refractivity contribution in [1.29, 1.82) is 0 Å². The Labute approximate surface area is 159 Å². The van der Waals surface area contributed by atoms with E-state index in [2.05, 4.69) is 36.1 Å². The molecule has 3 rings (SSSR count). The van der Waals surface area contributed by atoms with E-state index in [1.807, 2.05) is 6.07 Å². The molecule has 0 bridgehead atoms. The largest absolute Gasteiger partial charge is 0.298 e. The van der Waals surface area contributed by atoms with E-state index in [-0.39, 0.29) is 11.2 Å². The Kier molecular flexibility index (Phi) is 5.83. The Morgan fingerprint density at radius 1 is 1.12 bits per heavy atom. The zero-order valence-corrected chi connectivity index (χ0v) is 16.0. The van der Waals surface area contributed by atoms with Crippen LogP contribution < -0.4 is 0 Å². The van der Waals surface area contributed by atoms with E-state index < -0.39 is 0 Å². The first-order valence-corrected chi connectivity index (χ1v) is 9.56. The maximum atomic E-state index is 13.3. The molecule has 2 aromatic rings. The molecule has 2 aromatic carbocycles. The molecule has 0 N–H and O–H groups in total. The third kappa shape index (κ3) is 4.08. The molecule has 1 atom stereocenters. The van der Waals surface area contributed by atoms with E-state index in [4.69, 9.17) is 23.2 Å². The van der Waals surface area contributed by atoms with E-state index in [1.54, 1.807) is 18.2 Å². The van der Waals surface area contributed by atoms with Crippen molar-refractivity contribution in [2.45, 2.75) is 32.7 Å². The first kappa shape index (κ1) is 18.4. The zero-order valence-electron chi connectivity index (χ0n) is 14.5. The fraction of sp³-hybridized carbons (Fsp3) is 0.381. The molecule has 0 amide bonds. The number of hydrogen-bond donors (Lipinski definition) is 0. The van der Waals surface area contributed by atoms with Gasteiger partial charge in [0.2, 0.25) is 0 Å². The van der Waals surface area contributed by atoms with Crippen LogP contribution in [-0.2, 0) is 6.54 Å². The summed E-state index contributed by atoms with van der Waals surface area (Å²) in [5.74, 6) is 0.198. The Morgan fingerprint density at radius 2 is 1.88 bits per heavy atom. The number of ketones is 1. The van der Waals surface area contributed by atoms with Crippen molar-refractivity contribution in [3.05, 3.63) is 69.7 Å². The topological polar surface area (TPSA) is 20.3 Å². The minimum absolute atomic E-state index is 0.198. The van der Waals surface area contributed by atoms with E-state index >= 15 is 0 Å². The molecule has 0 aromatic heterocycles. The number of likely N-dealkylation sites (tertiary alicyclic amines) is 1. The second kappa shape index (κ2) is 7.90. The average Bonchev–Trinajstić information content (AvgIpc) is 3.02. The van der Waals surface area contributed by atoms with Crippen molar-refractivity contribution in [1.82, 2.24) is 4.90 Å². The number of carbonyl (C=O) groups is 1. The zero-order chi connectivity index (χ0) is 17.9. The molecule has 0 saturated carbocycles. The van der Waals surface area contributed by atoms with Crippen LogP contribution in [0.4, 0.5) is 0 Å². The third-order valence-corrected chi connectivity index (χ3v) is 5.81. The summed E-state index contributed by atoms with van der Waals surface area (Å²) in [6, 6.07) is 15.7. The molecule has 1 saturated heterocycles. The summed E-state index contributed by atoms with van der Waals surface area (Å²) < 4.78 is 0. The van der Waals surface area contributed by atoms with Crippen LogP contribution in [0.2, 0.25) is 10.0 Å². The predicted molar refractivity (Wildman–Crippen MR) is 104 cm³/mol. The Bertz CT molecular complexity index is 747. The Balaban J connectivity index is 1.80. The molecule has 0 radical (unpaired) electrons. The summed E-state index contributed by atoms with van der Waals surface area (Å²) in [4.78, 5) is 15.7.